The highest BCUT2D eigenvalue weighted by Crippen LogP contribution is 2.38. The van der Waals surface area contributed by atoms with Gasteiger partial charge in [0.1, 0.15) is 21.8 Å². The zero-order valence-electron chi connectivity index (χ0n) is 17.4. The van der Waals surface area contributed by atoms with Crippen molar-refractivity contribution in [1.29, 1.82) is 0 Å². The molecule has 9 heteroatoms. The van der Waals surface area contributed by atoms with Crippen LogP contribution in [0.5, 0.6) is 0 Å². The number of nitrogens with one attached hydrogen (secondary N) is 1. The Kier molecular flexibility index (Phi) is 6.08. The van der Waals surface area contributed by atoms with Crippen molar-refractivity contribution in [2.75, 3.05) is 4.72 Å². The van der Waals surface area contributed by atoms with Gasteiger partial charge in [0.05, 0.1) is 11.8 Å². The van der Waals surface area contributed by atoms with E-state index in [0.717, 1.165) is 0 Å². The number of aryl methyl sites for hydroxylation is 1. The van der Waals surface area contributed by atoms with Gasteiger partial charge in [0.2, 0.25) is 0 Å². The minimum atomic E-state index is -3.95. The summed E-state index contributed by atoms with van der Waals surface area (Å²) in [5.74, 6) is -0.111. The molecule has 0 bridgehead atoms. The minimum Gasteiger partial charge on any atom is -0.460 e. The molecule has 1 aromatic heterocycles. The summed E-state index contributed by atoms with van der Waals surface area (Å²) >= 11 is 6.63. The van der Waals surface area contributed by atoms with E-state index in [2.05, 4.69) is 36.6 Å². The molecule has 1 N–H and O–H groups in total. The molecule has 0 saturated carbocycles. The van der Waals surface area contributed by atoms with Crippen molar-refractivity contribution in [2.24, 2.45) is 0 Å². The Balaban J connectivity index is 1.94. The number of anilines is 1. The van der Waals surface area contributed by atoms with Crippen LogP contribution in [0.4, 0.5) is 5.69 Å². The Bertz CT molecular complexity index is 1480. The summed E-state index contributed by atoms with van der Waals surface area (Å²) < 4.78 is 41.5. The molecule has 0 aliphatic carbocycles. The van der Waals surface area contributed by atoms with Crippen LogP contribution in [0.1, 0.15) is 30.0 Å². The maximum atomic E-state index is 13.2. The quantitative estimate of drug-likeness (QED) is 0.263. The van der Waals surface area contributed by atoms with Gasteiger partial charge in [0, 0.05) is 25.1 Å². The van der Waals surface area contributed by atoms with Crippen LogP contribution in [0.15, 0.2) is 66.8 Å². The van der Waals surface area contributed by atoms with Crippen molar-refractivity contribution >= 4 is 75.3 Å². The number of benzene rings is 3. The Morgan fingerprint density at radius 2 is 1.72 bits per heavy atom. The smallest absolute Gasteiger partial charge is 0.342 e. The fraction of sp³-hybridized carbons (Fsp3) is 0.174. The largest absolute Gasteiger partial charge is 0.460 e. The summed E-state index contributed by atoms with van der Waals surface area (Å²) in [6, 6.07) is 13.8. The topological polar surface area (TPSA) is 85.6 Å². The number of halogens is 2. The molecule has 32 heavy (non-hydrogen) atoms. The standard InChI is InChI=1S/C23H19Br2NO5S/c1-12(2)30-23(27)21-13(3)31-22-16-7-5-4-6-15(16)19(11-17(21)22)26-32(28,29)20-10-14(24)8-9-18(20)25/h4-12,26H,1-3H3. The first-order chi connectivity index (χ1) is 15.1. The average molecular weight is 581 g/mol. The van der Waals surface area contributed by atoms with E-state index in [1.807, 2.05) is 18.2 Å². The molecule has 0 saturated heterocycles. The molecule has 0 amide bonds. The normalized spacial score (nSPS) is 11.9. The van der Waals surface area contributed by atoms with Gasteiger partial charge in [-0.3, -0.25) is 4.72 Å². The predicted octanol–water partition coefficient (Wildman–Crippen LogP) is 6.79. The second-order valence-corrected chi connectivity index (χ2v) is 10.9. The molecule has 4 aromatic rings. The van der Waals surface area contributed by atoms with E-state index in [0.29, 0.717) is 42.1 Å². The number of rotatable bonds is 5. The van der Waals surface area contributed by atoms with E-state index in [1.165, 1.54) is 6.07 Å². The van der Waals surface area contributed by atoms with Gasteiger partial charge in [0.15, 0.2) is 0 Å². The van der Waals surface area contributed by atoms with Gasteiger partial charge in [-0.2, -0.15) is 0 Å². The van der Waals surface area contributed by atoms with Crippen LogP contribution in [0.2, 0.25) is 0 Å². The molecule has 4 rings (SSSR count). The summed E-state index contributed by atoms with van der Waals surface area (Å²) in [4.78, 5) is 12.8. The van der Waals surface area contributed by atoms with Crippen LogP contribution in [0.25, 0.3) is 21.7 Å². The van der Waals surface area contributed by atoms with Crippen molar-refractivity contribution in [3.8, 4) is 0 Å². The van der Waals surface area contributed by atoms with Gasteiger partial charge < -0.3 is 9.15 Å². The monoisotopic (exact) mass is 579 g/mol. The van der Waals surface area contributed by atoms with Crippen molar-refractivity contribution in [1.82, 2.24) is 0 Å². The minimum absolute atomic E-state index is 0.0823. The molecule has 3 aromatic carbocycles. The van der Waals surface area contributed by atoms with Gasteiger partial charge in [-0.15, -0.1) is 0 Å². The SMILES string of the molecule is Cc1oc2c(cc(NS(=O)(=O)c3cc(Br)ccc3Br)c3ccccc32)c1C(=O)OC(C)C. The fourth-order valence-electron chi connectivity index (χ4n) is 3.53. The van der Waals surface area contributed by atoms with Gasteiger partial charge in [-0.05, 0) is 61.0 Å². The molecule has 0 aliphatic heterocycles. The number of furan rings is 1. The highest BCUT2D eigenvalue weighted by atomic mass is 79.9. The first kappa shape index (κ1) is 22.8. The predicted molar refractivity (Wildman–Crippen MR) is 132 cm³/mol. The van der Waals surface area contributed by atoms with Gasteiger partial charge in [-0.1, -0.05) is 40.2 Å². The van der Waals surface area contributed by atoms with Crippen LogP contribution in [-0.4, -0.2) is 20.5 Å². The number of carbonyl (C=O) groups is 1. The van der Waals surface area contributed by atoms with E-state index < -0.39 is 16.0 Å². The molecule has 1 heterocycles. The number of sulfonamides is 1. The molecule has 6 nitrogen and oxygen atoms in total. The third kappa shape index (κ3) is 4.16. The first-order valence-corrected chi connectivity index (χ1v) is 12.8. The van der Waals surface area contributed by atoms with Crippen LogP contribution in [0.3, 0.4) is 0 Å². The van der Waals surface area contributed by atoms with Crippen LogP contribution in [0, 0.1) is 6.92 Å². The summed E-state index contributed by atoms with van der Waals surface area (Å²) in [5.41, 5.74) is 1.11. The zero-order chi connectivity index (χ0) is 23.2. The lowest BCUT2D eigenvalue weighted by molar-refractivity contribution is 0.0378. The number of hydrogen-bond acceptors (Lipinski definition) is 5. The Morgan fingerprint density at radius 3 is 2.41 bits per heavy atom. The zero-order valence-corrected chi connectivity index (χ0v) is 21.4. The van der Waals surface area contributed by atoms with Crippen molar-refractivity contribution in [3.05, 3.63) is 68.8 Å². The lowest BCUT2D eigenvalue weighted by Crippen LogP contribution is -2.14. The molecular weight excluding hydrogens is 562 g/mol. The average Bonchev–Trinajstić information content (AvgIpc) is 3.05. The number of carbonyl (C=O) groups excluding carboxylic acids is 1. The van der Waals surface area contributed by atoms with E-state index in [4.69, 9.17) is 9.15 Å². The molecule has 0 aliphatic rings. The third-order valence-electron chi connectivity index (χ3n) is 4.85. The molecule has 0 unspecified atom stereocenters. The Morgan fingerprint density at radius 1 is 1.03 bits per heavy atom. The number of esters is 1. The lowest BCUT2D eigenvalue weighted by atomic mass is 10.0. The maximum Gasteiger partial charge on any atom is 0.342 e. The number of hydrogen-bond donors (Lipinski definition) is 1. The highest BCUT2D eigenvalue weighted by molar-refractivity contribution is 9.11. The summed E-state index contributed by atoms with van der Waals surface area (Å²) in [7, 11) is -3.95. The number of fused-ring (bicyclic) bond motifs is 3. The van der Waals surface area contributed by atoms with E-state index >= 15 is 0 Å². The van der Waals surface area contributed by atoms with Crippen LogP contribution >= 0.6 is 31.9 Å². The second kappa shape index (κ2) is 8.53. The molecule has 0 radical (unpaired) electrons. The molecule has 0 fully saturated rings. The van der Waals surface area contributed by atoms with Crippen molar-refractivity contribution < 1.29 is 22.4 Å². The first-order valence-electron chi connectivity index (χ1n) is 9.72. The Hall–Kier alpha value is -2.36. The van der Waals surface area contributed by atoms with Crippen molar-refractivity contribution in [2.45, 2.75) is 31.8 Å². The summed E-state index contributed by atoms with van der Waals surface area (Å²) in [6.07, 6.45) is -0.306. The van der Waals surface area contributed by atoms with Crippen LogP contribution in [-0.2, 0) is 14.8 Å². The molecule has 0 spiro atoms. The van der Waals surface area contributed by atoms with E-state index in [1.54, 1.807) is 45.0 Å². The van der Waals surface area contributed by atoms with Gasteiger partial charge in [-0.25, -0.2) is 13.2 Å². The third-order valence-corrected chi connectivity index (χ3v) is 7.70. The molecule has 166 valence electrons. The second-order valence-electron chi connectivity index (χ2n) is 7.51. The van der Waals surface area contributed by atoms with Crippen molar-refractivity contribution in [3.63, 3.8) is 0 Å². The fourth-order valence-corrected chi connectivity index (χ4v) is 6.11. The summed E-state index contributed by atoms with van der Waals surface area (Å²) in [6.45, 7) is 5.22. The highest BCUT2D eigenvalue weighted by Gasteiger charge is 2.25. The summed E-state index contributed by atoms with van der Waals surface area (Å²) in [5, 5.41) is 1.81. The van der Waals surface area contributed by atoms with E-state index in [9.17, 15) is 13.2 Å². The maximum absolute atomic E-state index is 13.2. The van der Waals surface area contributed by atoms with E-state index in [-0.39, 0.29) is 16.6 Å². The lowest BCUT2D eigenvalue weighted by Gasteiger charge is -2.13. The number of ether oxygens (including phenoxy) is 1. The Labute approximate surface area is 202 Å². The van der Waals surface area contributed by atoms with Crippen LogP contribution < -0.4 is 4.72 Å². The molecule has 0 atom stereocenters. The molecular formula is C23H19Br2NO5S. The van der Waals surface area contributed by atoms with Gasteiger partial charge >= 0.3 is 5.97 Å². The van der Waals surface area contributed by atoms with Gasteiger partial charge in [0.25, 0.3) is 10.0 Å².